The van der Waals surface area contributed by atoms with Gasteiger partial charge in [-0.15, -0.1) is 0 Å². The Morgan fingerprint density at radius 3 is 2.74 bits per heavy atom. The van der Waals surface area contributed by atoms with Crippen LogP contribution in [0.15, 0.2) is 22.6 Å². The second kappa shape index (κ2) is 4.89. The number of rotatable bonds is 3. The molecule has 0 spiro atoms. The molecule has 0 unspecified atom stereocenters. The van der Waals surface area contributed by atoms with Gasteiger partial charge in [-0.05, 0) is 45.4 Å². The fourth-order valence-corrected chi connectivity index (χ4v) is 2.03. The standard InChI is InChI=1S/C15H18ClNO2/c1-5-15(3,4)17-14(18)13-9(2)11-8-10(16)6-7-12(11)19-13/h6-8H,5H2,1-4H3,(H,17,18). The van der Waals surface area contributed by atoms with Gasteiger partial charge in [0.1, 0.15) is 5.58 Å². The molecule has 3 nitrogen and oxygen atoms in total. The van der Waals surface area contributed by atoms with Gasteiger partial charge >= 0.3 is 0 Å². The van der Waals surface area contributed by atoms with Crippen molar-refractivity contribution in [2.45, 2.75) is 39.7 Å². The number of nitrogens with one attached hydrogen (secondary N) is 1. The summed E-state index contributed by atoms with van der Waals surface area (Å²) in [4.78, 5) is 12.3. The number of carbonyl (C=O) groups is 1. The number of carbonyl (C=O) groups excluding carboxylic acids is 1. The Labute approximate surface area is 117 Å². The number of halogens is 1. The number of hydrogen-bond acceptors (Lipinski definition) is 2. The fourth-order valence-electron chi connectivity index (χ4n) is 1.86. The lowest BCUT2D eigenvalue weighted by Gasteiger charge is -2.23. The first kappa shape index (κ1) is 13.9. The minimum atomic E-state index is -0.250. The molecule has 102 valence electrons. The van der Waals surface area contributed by atoms with E-state index in [0.29, 0.717) is 16.4 Å². The zero-order valence-corrected chi connectivity index (χ0v) is 12.4. The highest BCUT2D eigenvalue weighted by molar-refractivity contribution is 6.31. The van der Waals surface area contributed by atoms with E-state index in [1.54, 1.807) is 12.1 Å². The summed E-state index contributed by atoms with van der Waals surface area (Å²) in [5, 5.41) is 4.49. The molecule has 0 radical (unpaired) electrons. The summed E-state index contributed by atoms with van der Waals surface area (Å²) in [5.74, 6) is 0.176. The van der Waals surface area contributed by atoms with Crippen molar-refractivity contribution in [3.05, 3.63) is 34.5 Å². The Kier molecular flexibility index (Phi) is 3.59. The fraction of sp³-hybridized carbons (Fsp3) is 0.400. The van der Waals surface area contributed by atoms with Crippen LogP contribution in [0.2, 0.25) is 5.02 Å². The maximum atomic E-state index is 12.3. The van der Waals surface area contributed by atoms with Gasteiger partial charge in [-0.1, -0.05) is 18.5 Å². The number of furan rings is 1. The summed E-state index contributed by atoms with van der Waals surface area (Å²) in [5.41, 5.74) is 1.25. The molecule has 19 heavy (non-hydrogen) atoms. The lowest BCUT2D eigenvalue weighted by Crippen LogP contribution is -2.42. The van der Waals surface area contributed by atoms with Gasteiger partial charge in [0.2, 0.25) is 0 Å². The van der Waals surface area contributed by atoms with Crippen LogP contribution in [0.4, 0.5) is 0 Å². The third-order valence-electron chi connectivity index (χ3n) is 3.44. The van der Waals surface area contributed by atoms with Crippen molar-refractivity contribution in [3.63, 3.8) is 0 Å². The quantitative estimate of drug-likeness (QED) is 0.909. The summed E-state index contributed by atoms with van der Waals surface area (Å²) in [7, 11) is 0. The molecule has 0 fully saturated rings. The Morgan fingerprint density at radius 1 is 1.42 bits per heavy atom. The minimum absolute atomic E-state index is 0.184. The van der Waals surface area contributed by atoms with Gasteiger partial charge in [-0.2, -0.15) is 0 Å². The third-order valence-corrected chi connectivity index (χ3v) is 3.68. The van der Waals surface area contributed by atoms with Gasteiger partial charge in [-0.3, -0.25) is 4.79 Å². The molecule has 2 rings (SSSR count). The zero-order valence-electron chi connectivity index (χ0n) is 11.6. The van der Waals surface area contributed by atoms with Gasteiger partial charge in [0.15, 0.2) is 5.76 Å². The summed E-state index contributed by atoms with van der Waals surface area (Å²) in [6.07, 6.45) is 0.851. The summed E-state index contributed by atoms with van der Waals surface area (Å²) >= 11 is 5.97. The predicted octanol–water partition coefficient (Wildman–Crippen LogP) is 4.31. The average Bonchev–Trinajstić information content (AvgIpc) is 2.66. The van der Waals surface area contributed by atoms with Crippen LogP contribution in [0.1, 0.15) is 43.3 Å². The number of benzene rings is 1. The number of amides is 1. The minimum Gasteiger partial charge on any atom is -0.451 e. The van der Waals surface area contributed by atoms with E-state index in [1.165, 1.54) is 0 Å². The van der Waals surface area contributed by atoms with E-state index < -0.39 is 0 Å². The second-order valence-corrected chi connectivity index (χ2v) is 5.82. The van der Waals surface area contributed by atoms with Crippen LogP contribution >= 0.6 is 11.6 Å². The molecule has 0 aliphatic rings. The molecule has 1 N–H and O–H groups in total. The third kappa shape index (κ3) is 2.76. The van der Waals surface area contributed by atoms with Crippen LogP contribution < -0.4 is 5.32 Å². The van der Waals surface area contributed by atoms with Crippen LogP contribution in [-0.2, 0) is 0 Å². The van der Waals surface area contributed by atoms with Crippen molar-refractivity contribution in [1.29, 1.82) is 0 Å². The molecule has 1 aromatic carbocycles. The van der Waals surface area contributed by atoms with E-state index in [0.717, 1.165) is 17.4 Å². The number of fused-ring (bicyclic) bond motifs is 1. The molecular formula is C15H18ClNO2. The van der Waals surface area contributed by atoms with Crippen molar-refractivity contribution in [1.82, 2.24) is 5.32 Å². The van der Waals surface area contributed by atoms with Gasteiger partial charge in [0.05, 0.1) is 0 Å². The van der Waals surface area contributed by atoms with Crippen LogP contribution in [0.3, 0.4) is 0 Å². The molecule has 0 atom stereocenters. The normalized spacial score (nSPS) is 11.8. The molecule has 2 aromatic rings. The molecular weight excluding hydrogens is 262 g/mol. The molecule has 1 amide bonds. The Balaban J connectivity index is 2.40. The van der Waals surface area contributed by atoms with Crippen LogP contribution in [0.25, 0.3) is 11.0 Å². The maximum Gasteiger partial charge on any atom is 0.287 e. The van der Waals surface area contributed by atoms with Crippen LogP contribution in [0, 0.1) is 6.92 Å². The molecule has 0 aliphatic carbocycles. The van der Waals surface area contributed by atoms with Gasteiger partial charge in [0.25, 0.3) is 5.91 Å². The SMILES string of the molecule is CCC(C)(C)NC(=O)c1oc2ccc(Cl)cc2c1C. The summed E-state index contributed by atoms with van der Waals surface area (Å²) in [6, 6.07) is 5.36. The van der Waals surface area contributed by atoms with Crippen LogP contribution in [0.5, 0.6) is 0 Å². The van der Waals surface area contributed by atoms with Crippen molar-refractivity contribution in [2.75, 3.05) is 0 Å². The number of aryl methyl sites for hydroxylation is 1. The van der Waals surface area contributed by atoms with Crippen molar-refractivity contribution < 1.29 is 9.21 Å². The van der Waals surface area contributed by atoms with E-state index in [2.05, 4.69) is 5.32 Å². The molecule has 0 aliphatic heterocycles. The smallest absolute Gasteiger partial charge is 0.287 e. The predicted molar refractivity (Wildman–Crippen MR) is 77.8 cm³/mol. The Morgan fingerprint density at radius 2 is 2.11 bits per heavy atom. The maximum absolute atomic E-state index is 12.3. The topological polar surface area (TPSA) is 42.2 Å². The highest BCUT2D eigenvalue weighted by atomic mass is 35.5. The van der Waals surface area contributed by atoms with Crippen molar-refractivity contribution in [2.24, 2.45) is 0 Å². The first-order valence-corrected chi connectivity index (χ1v) is 6.73. The van der Waals surface area contributed by atoms with E-state index in [4.69, 9.17) is 16.0 Å². The monoisotopic (exact) mass is 279 g/mol. The van der Waals surface area contributed by atoms with E-state index in [-0.39, 0.29) is 11.4 Å². The lowest BCUT2D eigenvalue weighted by molar-refractivity contribution is 0.0884. The zero-order chi connectivity index (χ0) is 14.2. The molecule has 0 saturated heterocycles. The lowest BCUT2D eigenvalue weighted by atomic mass is 10.0. The first-order chi connectivity index (χ1) is 8.84. The Hall–Kier alpha value is -1.48. The van der Waals surface area contributed by atoms with Gasteiger partial charge in [0, 0.05) is 21.5 Å². The van der Waals surface area contributed by atoms with Gasteiger partial charge < -0.3 is 9.73 Å². The molecule has 4 heteroatoms. The van der Waals surface area contributed by atoms with E-state index >= 15 is 0 Å². The van der Waals surface area contributed by atoms with Crippen molar-refractivity contribution >= 4 is 28.5 Å². The largest absolute Gasteiger partial charge is 0.451 e. The number of hydrogen-bond donors (Lipinski definition) is 1. The highest BCUT2D eigenvalue weighted by Gasteiger charge is 2.23. The first-order valence-electron chi connectivity index (χ1n) is 6.35. The van der Waals surface area contributed by atoms with Gasteiger partial charge in [-0.25, -0.2) is 0 Å². The highest BCUT2D eigenvalue weighted by Crippen LogP contribution is 2.28. The average molecular weight is 280 g/mol. The Bertz CT molecular complexity index is 628. The molecule has 0 saturated carbocycles. The summed E-state index contributed by atoms with van der Waals surface area (Å²) in [6.45, 7) is 7.88. The second-order valence-electron chi connectivity index (χ2n) is 5.39. The van der Waals surface area contributed by atoms with E-state index in [9.17, 15) is 4.79 Å². The molecule has 0 bridgehead atoms. The van der Waals surface area contributed by atoms with Crippen molar-refractivity contribution in [3.8, 4) is 0 Å². The van der Waals surface area contributed by atoms with E-state index in [1.807, 2.05) is 33.8 Å². The molecule has 1 aromatic heterocycles. The molecule has 1 heterocycles. The summed E-state index contributed by atoms with van der Waals surface area (Å²) < 4.78 is 5.64. The van der Waals surface area contributed by atoms with Crippen LogP contribution in [-0.4, -0.2) is 11.4 Å².